The van der Waals surface area contributed by atoms with Gasteiger partial charge >= 0.3 is 0 Å². The van der Waals surface area contributed by atoms with Crippen LogP contribution in [-0.4, -0.2) is 50.6 Å². The third-order valence-corrected chi connectivity index (χ3v) is 6.27. The summed E-state index contributed by atoms with van der Waals surface area (Å²) in [6.07, 6.45) is 8.55. The molecule has 188 valence electrons. The number of nitrogens with zero attached hydrogens (tertiary/aromatic N) is 8. The monoisotopic (exact) mass is 504 g/mol. The van der Waals surface area contributed by atoms with Crippen molar-refractivity contribution in [2.45, 2.75) is 25.5 Å². The van der Waals surface area contributed by atoms with E-state index in [4.69, 9.17) is 9.72 Å². The van der Waals surface area contributed by atoms with E-state index >= 15 is 0 Å². The number of hydrogen-bond donors (Lipinski definition) is 1. The molecule has 10 nitrogen and oxygen atoms in total. The highest BCUT2D eigenvalue weighted by molar-refractivity contribution is 5.68. The maximum atomic E-state index is 14.4. The van der Waals surface area contributed by atoms with E-state index in [9.17, 15) is 13.9 Å². The predicted molar refractivity (Wildman–Crippen MR) is 128 cm³/mol. The summed E-state index contributed by atoms with van der Waals surface area (Å²) in [5, 5.41) is 14.6. The van der Waals surface area contributed by atoms with Crippen molar-refractivity contribution in [3.8, 4) is 34.3 Å². The molecule has 0 radical (unpaired) electrons. The van der Waals surface area contributed by atoms with Crippen LogP contribution >= 0.6 is 0 Å². The number of benzene rings is 1. The summed E-state index contributed by atoms with van der Waals surface area (Å²) < 4.78 is 38.8. The van der Waals surface area contributed by atoms with Crippen molar-refractivity contribution in [3.05, 3.63) is 78.5 Å². The Morgan fingerprint density at radius 2 is 2.03 bits per heavy atom. The second kappa shape index (κ2) is 9.21. The van der Waals surface area contributed by atoms with Gasteiger partial charge in [-0.2, -0.15) is 5.10 Å². The van der Waals surface area contributed by atoms with Gasteiger partial charge in [-0.1, -0.05) is 0 Å². The first kappa shape index (κ1) is 23.0. The number of fused-ring (bicyclic) bond motifs is 3. The lowest BCUT2D eigenvalue weighted by Gasteiger charge is -2.12. The summed E-state index contributed by atoms with van der Waals surface area (Å²) in [5.41, 5.74) is 2.03. The van der Waals surface area contributed by atoms with Crippen LogP contribution in [0.1, 0.15) is 24.0 Å². The van der Waals surface area contributed by atoms with Gasteiger partial charge in [-0.25, -0.2) is 28.4 Å². The van der Waals surface area contributed by atoms with Crippen LogP contribution in [0.15, 0.2) is 55.4 Å². The van der Waals surface area contributed by atoms with Gasteiger partial charge in [0.1, 0.15) is 53.6 Å². The Labute approximate surface area is 209 Å². The number of hydrogen-bond acceptors (Lipinski definition) is 7. The van der Waals surface area contributed by atoms with Crippen LogP contribution in [-0.2, 0) is 20.0 Å². The molecule has 0 saturated carbocycles. The number of aliphatic hydroxyl groups is 1. The maximum Gasteiger partial charge on any atom is 0.183 e. The fourth-order valence-corrected chi connectivity index (χ4v) is 4.42. The minimum Gasteiger partial charge on any atom is -0.491 e. The van der Waals surface area contributed by atoms with Crippen LogP contribution in [0, 0.1) is 11.6 Å². The van der Waals surface area contributed by atoms with Gasteiger partial charge < -0.3 is 19.0 Å². The molecule has 1 aliphatic rings. The van der Waals surface area contributed by atoms with Crippen molar-refractivity contribution < 1.29 is 18.6 Å². The van der Waals surface area contributed by atoms with Crippen LogP contribution in [0.25, 0.3) is 28.6 Å². The van der Waals surface area contributed by atoms with Crippen molar-refractivity contribution in [3.63, 3.8) is 0 Å². The smallest absolute Gasteiger partial charge is 0.183 e. The van der Waals surface area contributed by atoms with Crippen LogP contribution in [0.2, 0.25) is 0 Å². The molecule has 1 atom stereocenters. The largest absolute Gasteiger partial charge is 0.491 e. The highest BCUT2D eigenvalue weighted by Crippen LogP contribution is 2.34. The van der Waals surface area contributed by atoms with E-state index in [1.54, 1.807) is 29.4 Å². The molecule has 0 aliphatic carbocycles. The lowest BCUT2D eigenvalue weighted by atomic mass is 10.1. The molecule has 37 heavy (non-hydrogen) atoms. The van der Waals surface area contributed by atoms with Crippen LogP contribution in [0.3, 0.4) is 0 Å². The Kier molecular flexibility index (Phi) is 5.72. The molecule has 0 saturated heterocycles. The average molecular weight is 505 g/mol. The molecule has 1 N–H and O–H groups in total. The Morgan fingerprint density at radius 3 is 2.84 bits per heavy atom. The topological polar surface area (TPSA) is 109 Å². The van der Waals surface area contributed by atoms with E-state index in [0.717, 1.165) is 11.8 Å². The van der Waals surface area contributed by atoms with Crippen LogP contribution in [0.4, 0.5) is 8.78 Å². The third-order valence-electron chi connectivity index (χ3n) is 6.27. The quantitative estimate of drug-likeness (QED) is 0.378. The van der Waals surface area contributed by atoms with Gasteiger partial charge in [-0.05, 0) is 25.0 Å². The van der Waals surface area contributed by atoms with Gasteiger partial charge in [0.25, 0.3) is 0 Å². The summed E-state index contributed by atoms with van der Waals surface area (Å²) >= 11 is 0. The molecule has 1 aromatic carbocycles. The zero-order chi connectivity index (χ0) is 25.5. The molecule has 4 aromatic heterocycles. The van der Waals surface area contributed by atoms with Crippen LogP contribution in [0.5, 0.6) is 5.75 Å². The van der Waals surface area contributed by atoms with Crippen molar-refractivity contribution in [1.29, 1.82) is 0 Å². The van der Waals surface area contributed by atoms with Crippen molar-refractivity contribution in [1.82, 2.24) is 38.9 Å². The standard InChI is InChI=1S/C25H22F2N8O2/c1-33-7-6-28-25(33)21(36)5-3-16-11-22-17(12-29-16)23-32-19(13-34(23)8-9-37-22)24-30-14-31-35(24)20-4-2-15(26)10-18(20)27/h2,4,6-7,10-14,21,36H,3,5,8-9H2,1H3. The Morgan fingerprint density at radius 1 is 1.14 bits per heavy atom. The van der Waals surface area contributed by atoms with Gasteiger partial charge in [0.2, 0.25) is 0 Å². The molecule has 0 bridgehead atoms. The van der Waals surface area contributed by atoms with Crippen molar-refractivity contribution >= 4 is 0 Å². The number of halogens is 2. The minimum absolute atomic E-state index is 0.0693. The molecule has 6 rings (SSSR count). The van der Waals surface area contributed by atoms with E-state index in [1.807, 2.05) is 17.7 Å². The van der Waals surface area contributed by atoms with Crippen molar-refractivity contribution in [2.75, 3.05) is 6.61 Å². The Balaban J connectivity index is 1.29. The molecule has 5 heterocycles. The maximum absolute atomic E-state index is 14.4. The first-order valence-corrected chi connectivity index (χ1v) is 11.7. The number of aliphatic hydroxyl groups excluding tert-OH is 1. The highest BCUT2D eigenvalue weighted by atomic mass is 19.1. The fourth-order valence-electron chi connectivity index (χ4n) is 4.42. The molecule has 12 heteroatoms. The highest BCUT2D eigenvalue weighted by Gasteiger charge is 2.23. The van der Waals surface area contributed by atoms with E-state index < -0.39 is 17.7 Å². The summed E-state index contributed by atoms with van der Waals surface area (Å²) in [5.74, 6) is 0.764. The molecule has 0 spiro atoms. The Hall–Kier alpha value is -4.45. The molecule has 5 aromatic rings. The van der Waals surface area contributed by atoms with Gasteiger partial charge in [0, 0.05) is 49.7 Å². The number of aromatic nitrogens is 8. The third kappa shape index (κ3) is 4.25. The van der Waals surface area contributed by atoms with Gasteiger partial charge in [0.05, 0.1) is 12.1 Å². The molecule has 0 fully saturated rings. The Bertz CT molecular complexity index is 1590. The van der Waals surface area contributed by atoms with Gasteiger partial charge in [0.15, 0.2) is 11.6 Å². The molecule has 1 unspecified atom stereocenters. The van der Waals surface area contributed by atoms with E-state index in [0.29, 0.717) is 60.5 Å². The molecular weight excluding hydrogens is 482 g/mol. The normalized spacial score (nSPS) is 13.5. The lowest BCUT2D eigenvalue weighted by Crippen LogP contribution is -2.07. The van der Waals surface area contributed by atoms with Crippen molar-refractivity contribution in [2.24, 2.45) is 7.05 Å². The summed E-state index contributed by atoms with van der Waals surface area (Å²) in [7, 11) is 1.84. The lowest BCUT2D eigenvalue weighted by molar-refractivity contribution is 0.154. The first-order chi connectivity index (χ1) is 18.0. The van der Waals surface area contributed by atoms with E-state index in [1.165, 1.54) is 23.1 Å². The number of aryl methyl sites for hydroxylation is 2. The SMILES string of the molecule is Cn1ccnc1C(O)CCc1cc2c(cn1)-c1nc(-c3ncnn3-c3ccc(F)cc3F)cn1CCO2. The minimum atomic E-state index is -0.754. The van der Waals surface area contributed by atoms with Crippen LogP contribution < -0.4 is 4.74 Å². The number of rotatable bonds is 6. The zero-order valence-electron chi connectivity index (χ0n) is 19.8. The summed E-state index contributed by atoms with van der Waals surface area (Å²) in [6, 6.07) is 5.14. The van der Waals surface area contributed by atoms with Gasteiger partial charge in [-0.15, -0.1) is 0 Å². The zero-order valence-corrected chi connectivity index (χ0v) is 19.8. The number of imidazole rings is 2. The summed E-state index contributed by atoms with van der Waals surface area (Å²) in [4.78, 5) is 17.8. The predicted octanol–water partition coefficient (Wildman–Crippen LogP) is 3.26. The van der Waals surface area contributed by atoms with Gasteiger partial charge in [-0.3, -0.25) is 4.98 Å². The van der Waals surface area contributed by atoms with E-state index in [2.05, 4.69) is 20.1 Å². The average Bonchev–Trinajstić information content (AvgIpc) is 3.61. The number of ether oxygens (including phenoxy) is 1. The van der Waals surface area contributed by atoms with E-state index in [-0.39, 0.29) is 5.69 Å². The number of pyridine rings is 1. The fraction of sp³-hybridized carbons (Fsp3) is 0.240. The second-order valence-electron chi connectivity index (χ2n) is 8.71. The second-order valence-corrected chi connectivity index (χ2v) is 8.71. The molecule has 1 aliphatic heterocycles. The summed E-state index contributed by atoms with van der Waals surface area (Å²) in [6.45, 7) is 0.942. The molecule has 0 amide bonds. The molecular formula is C25H22F2N8O2. The first-order valence-electron chi connectivity index (χ1n) is 11.7.